The zero-order valence-corrected chi connectivity index (χ0v) is 81.2. The number of aromatic nitrogens is 11. The van der Waals surface area contributed by atoms with E-state index in [4.69, 9.17) is 32.1 Å². The van der Waals surface area contributed by atoms with E-state index in [1.807, 2.05) is 114 Å². The Kier molecular flexibility index (Phi) is 21.5. The smallest absolute Gasteiger partial charge is 0.227 e. The van der Waals surface area contributed by atoms with Gasteiger partial charge in [-0.15, -0.1) is 0 Å². The minimum Gasteiger partial charge on any atom is -0.435 e. The van der Waals surface area contributed by atoms with Crippen molar-refractivity contribution in [1.82, 2.24) is 54.8 Å². The Labute approximate surface area is 789 Å². The summed E-state index contributed by atoms with van der Waals surface area (Å²) >= 11 is 0. The summed E-state index contributed by atoms with van der Waals surface area (Å²) in [5, 5.41) is 10.7. The number of aryl methyl sites for hydroxylation is 10. The summed E-state index contributed by atoms with van der Waals surface area (Å²) in [7, 11) is 4.18. The summed E-state index contributed by atoms with van der Waals surface area (Å²) in [4.78, 5) is 73.9. The molecular formula is C110H111N21O5. The molecule has 5 unspecified atom stereocenters. The molecule has 5 atom stereocenters. The molecular weight excluding hydrogens is 1700 g/mol. The van der Waals surface area contributed by atoms with Crippen LogP contribution in [0.1, 0.15) is 132 Å². The number of hydrogen-bond donors (Lipinski definition) is 0. The van der Waals surface area contributed by atoms with Crippen LogP contribution in [-0.2, 0) is 0 Å². The lowest BCUT2D eigenvalue weighted by molar-refractivity contribution is 0.597. The summed E-state index contributed by atoms with van der Waals surface area (Å²) in [5.41, 5.74) is 28.2. The van der Waals surface area contributed by atoms with Gasteiger partial charge >= 0.3 is 0 Å². The molecule has 15 aromatic heterocycles. The summed E-state index contributed by atoms with van der Waals surface area (Å²) in [6, 6.07) is 59.6. The molecule has 0 N–H and O–H groups in total. The van der Waals surface area contributed by atoms with Gasteiger partial charge < -0.3 is 66.2 Å². The van der Waals surface area contributed by atoms with Crippen molar-refractivity contribution in [2.24, 2.45) is 0 Å². The van der Waals surface area contributed by atoms with Crippen LogP contribution in [0, 0.1) is 69.2 Å². The zero-order chi connectivity index (χ0) is 94.7. The Hall–Kier alpha value is -15.5. The number of benzene rings is 5. The lowest BCUT2D eigenvalue weighted by atomic mass is 10.1. The minimum absolute atomic E-state index is 0.0737. The number of rotatable bonds is 8. The second-order valence-corrected chi connectivity index (χ2v) is 37.4. The fourth-order valence-electron chi connectivity index (χ4n) is 21.0. The maximum absolute atomic E-state index is 6.33. The van der Waals surface area contributed by atoms with Crippen molar-refractivity contribution >= 4 is 196 Å². The molecule has 26 nitrogen and oxygen atoms in total. The average Bonchev–Trinajstić information content (AvgIpc) is 1.54. The van der Waals surface area contributed by atoms with Crippen LogP contribution in [0.15, 0.2) is 229 Å². The molecule has 0 saturated carbocycles. The van der Waals surface area contributed by atoms with Gasteiger partial charge in [-0.25, -0.2) is 54.8 Å². The quantitative estimate of drug-likeness (QED) is 0.137. The second-order valence-electron chi connectivity index (χ2n) is 37.4. The van der Waals surface area contributed by atoms with Gasteiger partial charge in [0.15, 0.2) is 62.8 Å². The molecule has 20 heterocycles. The van der Waals surface area contributed by atoms with Crippen molar-refractivity contribution in [2.75, 3.05) is 63.1 Å². The first-order valence-corrected chi connectivity index (χ1v) is 46.9. The van der Waals surface area contributed by atoms with Crippen LogP contribution < -0.4 is 49.0 Å². The largest absolute Gasteiger partial charge is 0.435 e. The van der Waals surface area contributed by atoms with Gasteiger partial charge in [0, 0.05) is 152 Å². The maximum atomic E-state index is 6.33. The van der Waals surface area contributed by atoms with Crippen LogP contribution in [0.2, 0.25) is 0 Å². The molecule has 5 aliphatic rings. The van der Waals surface area contributed by atoms with Crippen LogP contribution >= 0.6 is 0 Å². The first-order chi connectivity index (χ1) is 65.5. The van der Waals surface area contributed by atoms with E-state index in [0.29, 0.717) is 46.7 Å². The van der Waals surface area contributed by atoms with Gasteiger partial charge in [-0.05, 0) is 282 Å². The molecule has 0 radical (unpaired) electrons. The van der Waals surface area contributed by atoms with Crippen molar-refractivity contribution in [3.63, 3.8) is 0 Å². The normalized spacial score (nSPS) is 16.6. The molecule has 686 valence electrons. The van der Waals surface area contributed by atoms with E-state index in [1.54, 1.807) is 12.4 Å². The summed E-state index contributed by atoms with van der Waals surface area (Å²) in [6.07, 6.45) is 11.6. The fourth-order valence-corrected chi connectivity index (χ4v) is 21.0. The van der Waals surface area contributed by atoms with Gasteiger partial charge in [0.2, 0.25) is 28.6 Å². The summed E-state index contributed by atoms with van der Waals surface area (Å²) < 4.78 is 31.5. The van der Waals surface area contributed by atoms with Gasteiger partial charge in [0.25, 0.3) is 0 Å². The Morgan fingerprint density at radius 3 is 0.846 bits per heavy atom. The van der Waals surface area contributed by atoms with Crippen molar-refractivity contribution in [3.05, 3.63) is 263 Å². The van der Waals surface area contributed by atoms with Crippen LogP contribution in [0.4, 0.5) is 86.1 Å². The van der Waals surface area contributed by atoms with E-state index >= 15 is 0 Å². The highest BCUT2D eigenvalue weighted by molar-refractivity contribution is 6.15. The molecule has 0 amide bonds. The van der Waals surface area contributed by atoms with Crippen LogP contribution in [0.25, 0.3) is 110 Å². The van der Waals surface area contributed by atoms with Crippen LogP contribution in [-0.4, -0.2) is 118 Å². The molecule has 5 aromatic carbocycles. The standard InChI is InChI=1S/2C23H24N4O.C22H23N5O.2C21H20N4O/c1-13(2)26-16(5)27(19-7-6-12-24-22(19)26)20-14(3)8-10-17-18-11-9-15(4)25-23(18)28-21(17)20;1-13(2)26-16(5)27(22-19(26)7-6-12-24-22)20-14(3)8-10-17-18-11-9-15(4)25-23(18)28-21(17)20;1-12(2)26-15(5)27(21-20(26)23-10-11-24-21)18-13(3)6-8-16-17-9-7-14(4)25-22(17)28-19(16)18;1-12-7-9-15-16-10-8-13(2)23-21(16)26-19(15)18(12)25-14(3)24(4)20-17(25)6-5-11-22-20;1-12-7-9-15-16-10-8-13(2)23-21(16)26-19(15)18(12)25-14(3)24(4)17-6-5-11-22-20(17)25/h2*6-13,16H,1-5H3;6-12,15H,1-5H3;2*5-11,14H,1-4H3. The van der Waals surface area contributed by atoms with E-state index in [2.05, 4.69) is 334 Å². The average molecular weight is 1810 g/mol. The molecule has 0 saturated heterocycles. The minimum atomic E-state index is 0.0737. The highest BCUT2D eigenvalue weighted by Gasteiger charge is 2.44. The van der Waals surface area contributed by atoms with E-state index < -0.39 is 0 Å². The van der Waals surface area contributed by atoms with Crippen molar-refractivity contribution in [2.45, 2.75) is 194 Å². The summed E-state index contributed by atoms with van der Waals surface area (Å²) in [6.45, 7) is 44.8. The highest BCUT2D eigenvalue weighted by Crippen LogP contribution is 2.55. The molecule has 0 aliphatic carbocycles. The lowest BCUT2D eigenvalue weighted by Crippen LogP contribution is -2.42. The molecule has 0 spiro atoms. The Morgan fingerprint density at radius 2 is 0.478 bits per heavy atom. The van der Waals surface area contributed by atoms with Gasteiger partial charge in [-0.2, -0.15) is 0 Å². The number of hydrogen-bond acceptors (Lipinski definition) is 26. The lowest BCUT2D eigenvalue weighted by Gasteiger charge is -2.33. The Morgan fingerprint density at radius 1 is 0.228 bits per heavy atom. The number of furan rings is 5. The van der Waals surface area contributed by atoms with Crippen LogP contribution in [0.3, 0.4) is 0 Å². The van der Waals surface area contributed by atoms with Gasteiger partial charge in [0.1, 0.15) is 30.8 Å². The highest BCUT2D eigenvalue weighted by atomic mass is 16.4. The molecule has 20 aromatic rings. The fraction of sp³-hybridized carbons (Fsp3) is 0.282. The van der Waals surface area contributed by atoms with E-state index in [9.17, 15) is 0 Å². The topological polar surface area (TPSA) is 240 Å². The predicted molar refractivity (Wildman–Crippen MR) is 552 cm³/mol. The monoisotopic (exact) mass is 1810 g/mol. The number of anilines is 15. The first kappa shape index (κ1) is 87.2. The molecule has 136 heavy (non-hydrogen) atoms. The van der Waals surface area contributed by atoms with E-state index in [-0.39, 0.29) is 30.8 Å². The van der Waals surface area contributed by atoms with Crippen molar-refractivity contribution in [3.8, 4) is 0 Å². The summed E-state index contributed by atoms with van der Waals surface area (Å²) in [5.74, 6) is 5.72. The molecule has 0 fully saturated rings. The third kappa shape index (κ3) is 14.0. The molecule has 5 aliphatic heterocycles. The number of nitrogens with zero attached hydrogens (tertiary/aromatic N) is 21. The Balaban J connectivity index is 0.000000102. The van der Waals surface area contributed by atoms with Crippen LogP contribution in [0.5, 0.6) is 0 Å². The second kappa shape index (κ2) is 33.6. The van der Waals surface area contributed by atoms with Gasteiger partial charge in [-0.1, -0.05) is 60.7 Å². The predicted octanol–water partition coefficient (Wildman–Crippen LogP) is 26.4. The van der Waals surface area contributed by atoms with Gasteiger partial charge in [-0.3, -0.25) is 4.90 Å². The van der Waals surface area contributed by atoms with E-state index in [1.165, 1.54) is 11.1 Å². The molecule has 0 bridgehead atoms. The van der Waals surface area contributed by atoms with Crippen molar-refractivity contribution in [1.29, 1.82) is 0 Å². The van der Waals surface area contributed by atoms with E-state index in [0.717, 1.165) is 213 Å². The molecule has 26 heteroatoms. The van der Waals surface area contributed by atoms with Gasteiger partial charge in [0.05, 0.1) is 51.2 Å². The third-order valence-electron chi connectivity index (χ3n) is 27.6. The van der Waals surface area contributed by atoms with Crippen molar-refractivity contribution < 1.29 is 22.1 Å². The number of pyridine rings is 9. The third-order valence-corrected chi connectivity index (χ3v) is 27.6. The number of fused-ring (bicyclic) bond motifs is 20. The first-order valence-electron chi connectivity index (χ1n) is 46.9. The SMILES string of the molecule is Cc1ccc2c(n1)oc1c(N3c4cccnc4N(C(C)C)C3C)c(C)ccc12.Cc1ccc2c(n1)oc1c(N3c4cccnc4N(C)C3C)c(C)ccc12.Cc1ccc2c(n1)oc1c(N3c4ncccc4N(C(C)C)C3C)c(C)ccc12.Cc1ccc2c(n1)oc1c(N3c4ncccc4N(C)C3C)c(C)ccc12.Cc1ccc2c(n1)oc1c(N3c4nccnc4N(C(C)C)C3C)c(C)ccc12. The Bertz CT molecular complexity index is 7510. The zero-order valence-electron chi connectivity index (χ0n) is 81.2. The molecule has 25 rings (SSSR count). The maximum Gasteiger partial charge on any atom is 0.227 e.